The molecule has 1 aliphatic rings. The van der Waals surface area contributed by atoms with Crippen LogP contribution in [0.15, 0.2) is 30.3 Å². The Morgan fingerprint density at radius 2 is 2.08 bits per heavy atom. The highest BCUT2D eigenvalue weighted by Crippen LogP contribution is 2.23. The van der Waals surface area contributed by atoms with E-state index in [1.54, 1.807) is 6.92 Å². The Labute approximate surface area is 145 Å². The topological polar surface area (TPSA) is 64.6 Å². The van der Waals surface area contributed by atoms with Crippen molar-refractivity contribution >= 4 is 11.7 Å². The van der Waals surface area contributed by atoms with Crippen molar-refractivity contribution in [3.8, 4) is 0 Å². The van der Waals surface area contributed by atoms with Crippen LogP contribution < -0.4 is 15.5 Å². The zero-order valence-corrected chi connectivity index (χ0v) is 15.1. The number of hydrogen-bond acceptors (Lipinski definition) is 3. The first kappa shape index (κ1) is 18.6. The zero-order valence-electron chi connectivity index (χ0n) is 15.1. The highest BCUT2D eigenvalue weighted by Gasteiger charge is 2.28. The minimum Gasteiger partial charge on any atom is -0.388 e. The van der Waals surface area contributed by atoms with Crippen molar-refractivity contribution in [2.24, 2.45) is 11.8 Å². The zero-order chi connectivity index (χ0) is 17.6. The molecule has 3 N–H and O–H groups in total. The van der Waals surface area contributed by atoms with Gasteiger partial charge < -0.3 is 20.6 Å². The van der Waals surface area contributed by atoms with Gasteiger partial charge in [0.05, 0.1) is 5.60 Å². The second kappa shape index (κ2) is 8.38. The van der Waals surface area contributed by atoms with E-state index in [0.717, 1.165) is 25.9 Å². The van der Waals surface area contributed by atoms with E-state index < -0.39 is 5.60 Å². The van der Waals surface area contributed by atoms with Crippen LogP contribution in [0.2, 0.25) is 0 Å². The molecule has 0 spiro atoms. The van der Waals surface area contributed by atoms with Crippen LogP contribution in [0.4, 0.5) is 10.5 Å². The summed E-state index contributed by atoms with van der Waals surface area (Å²) in [6.45, 7) is 8.75. The molecule has 1 aromatic carbocycles. The van der Waals surface area contributed by atoms with Crippen molar-refractivity contribution in [1.29, 1.82) is 0 Å². The van der Waals surface area contributed by atoms with E-state index in [-0.39, 0.29) is 18.5 Å². The van der Waals surface area contributed by atoms with Crippen molar-refractivity contribution in [2.45, 2.75) is 39.2 Å². The lowest BCUT2D eigenvalue weighted by Gasteiger charge is -2.29. The summed E-state index contributed by atoms with van der Waals surface area (Å²) in [7, 11) is 0. The molecule has 0 saturated carbocycles. The number of nitrogens with zero attached hydrogens (tertiary/aromatic N) is 1. The van der Waals surface area contributed by atoms with Crippen LogP contribution in [0.1, 0.15) is 33.6 Å². The number of carbonyl (C=O) groups is 1. The van der Waals surface area contributed by atoms with Gasteiger partial charge >= 0.3 is 6.03 Å². The number of aliphatic hydroxyl groups is 1. The van der Waals surface area contributed by atoms with Gasteiger partial charge in [-0.25, -0.2) is 4.79 Å². The van der Waals surface area contributed by atoms with Gasteiger partial charge in [0, 0.05) is 31.9 Å². The molecular weight excluding hydrogens is 302 g/mol. The van der Waals surface area contributed by atoms with Crippen molar-refractivity contribution in [1.82, 2.24) is 10.6 Å². The Balaban J connectivity index is 1.70. The number of nitrogens with one attached hydrogen (secondary N) is 2. The molecule has 1 fully saturated rings. The number of benzene rings is 1. The summed E-state index contributed by atoms with van der Waals surface area (Å²) in [5.41, 5.74) is 0.373. The van der Waals surface area contributed by atoms with Crippen molar-refractivity contribution < 1.29 is 9.90 Å². The summed E-state index contributed by atoms with van der Waals surface area (Å²) >= 11 is 0. The fourth-order valence-corrected chi connectivity index (χ4v) is 3.05. The summed E-state index contributed by atoms with van der Waals surface area (Å²) in [5.74, 6) is 0.609. The summed E-state index contributed by atoms with van der Waals surface area (Å²) in [4.78, 5) is 14.3. The highest BCUT2D eigenvalue weighted by atomic mass is 16.3. The Hall–Kier alpha value is -1.75. The summed E-state index contributed by atoms with van der Waals surface area (Å²) in [6, 6.07) is 10.2. The third kappa shape index (κ3) is 5.13. The number of anilines is 1. The highest BCUT2D eigenvalue weighted by molar-refractivity contribution is 5.73. The Morgan fingerprint density at radius 1 is 1.38 bits per heavy atom. The molecule has 1 heterocycles. The first-order valence-electron chi connectivity index (χ1n) is 8.96. The normalized spacial score (nSPS) is 21.2. The van der Waals surface area contributed by atoms with Crippen molar-refractivity contribution in [3.63, 3.8) is 0 Å². The predicted octanol–water partition coefficient (Wildman–Crippen LogP) is 2.61. The van der Waals surface area contributed by atoms with E-state index in [4.69, 9.17) is 0 Å². The predicted molar refractivity (Wildman–Crippen MR) is 98.2 cm³/mol. The van der Waals surface area contributed by atoms with E-state index in [2.05, 4.69) is 39.8 Å². The van der Waals surface area contributed by atoms with Gasteiger partial charge in [0.25, 0.3) is 0 Å². The van der Waals surface area contributed by atoms with Crippen LogP contribution in [0.3, 0.4) is 0 Å². The molecule has 5 heteroatoms. The number of rotatable bonds is 7. The molecule has 2 rings (SSSR count). The average molecular weight is 333 g/mol. The first-order valence-corrected chi connectivity index (χ1v) is 8.96. The molecule has 3 atom stereocenters. The lowest BCUT2D eigenvalue weighted by atomic mass is 9.89. The number of para-hydroxylation sites is 1. The molecule has 0 aliphatic carbocycles. The van der Waals surface area contributed by atoms with Crippen LogP contribution in [-0.4, -0.2) is 42.9 Å². The average Bonchev–Trinajstić information content (AvgIpc) is 3.07. The third-order valence-electron chi connectivity index (χ3n) is 5.24. The van der Waals surface area contributed by atoms with Gasteiger partial charge in [0.15, 0.2) is 0 Å². The monoisotopic (exact) mass is 333 g/mol. The lowest BCUT2D eigenvalue weighted by molar-refractivity contribution is 0.00789. The lowest BCUT2D eigenvalue weighted by Crippen LogP contribution is -2.48. The number of amides is 2. The summed E-state index contributed by atoms with van der Waals surface area (Å²) < 4.78 is 0. The summed E-state index contributed by atoms with van der Waals surface area (Å²) in [6.07, 6.45) is 1.97. The minimum absolute atomic E-state index is 0.145. The quantitative estimate of drug-likeness (QED) is 0.719. The largest absolute Gasteiger partial charge is 0.388 e. The van der Waals surface area contributed by atoms with E-state index in [9.17, 15) is 9.90 Å². The molecule has 0 radical (unpaired) electrons. The maximum atomic E-state index is 12.0. The SMILES string of the molecule is CCC(C)C(C)(O)CNC(=O)NCC1CCN(c2ccccc2)C1. The number of carbonyl (C=O) groups excluding carboxylic acids is 1. The smallest absolute Gasteiger partial charge is 0.314 e. The van der Waals surface area contributed by atoms with Gasteiger partial charge in [-0.1, -0.05) is 38.5 Å². The minimum atomic E-state index is -0.871. The maximum absolute atomic E-state index is 12.0. The van der Waals surface area contributed by atoms with Crippen LogP contribution >= 0.6 is 0 Å². The molecule has 0 bridgehead atoms. The maximum Gasteiger partial charge on any atom is 0.314 e. The van der Waals surface area contributed by atoms with Crippen LogP contribution in [0.5, 0.6) is 0 Å². The molecule has 1 aromatic rings. The Morgan fingerprint density at radius 3 is 2.75 bits per heavy atom. The van der Waals surface area contributed by atoms with E-state index in [1.165, 1.54) is 5.69 Å². The second-order valence-corrected chi connectivity index (χ2v) is 7.17. The van der Waals surface area contributed by atoms with Crippen LogP contribution in [0, 0.1) is 11.8 Å². The number of urea groups is 1. The summed E-state index contributed by atoms with van der Waals surface area (Å²) in [5, 5.41) is 16.1. The van der Waals surface area contributed by atoms with Crippen LogP contribution in [-0.2, 0) is 0 Å². The molecule has 134 valence electrons. The Kier molecular flexibility index (Phi) is 6.49. The van der Waals surface area contributed by atoms with Gasteiger partial charge in [-0.15, -0.1) is 0 Å². The third-order valence-corrected chi connectivity index (χ3v) is 5.24. The van der Waals surface area contributed by atoms with Gasteiger partial charge in [-0.05, 0) is 37.3 Å². The Bertz CT molecular complexity index is 519. The van der Waals surface area contributed by atoms with Gasteiger partial charge in [-0.2, -0.15) is 0 Å². The standard InChI is InChI=1S/C19H31N3O2/c1-4-15(2)19(3,24)14-21-18(23)20-12-16-10-11-22(13-16)17-8-6-5-7-9-17/h5-9,15-16,24H,4,10-14H2,1-3H3,(H2,20,21,23). The molecule has 2 amide bonds. The molecular formula is C19H31N3O2. The van der Waals surface area contributed by atoms with Gasteiger partial charge in [-0.3, -0.25) is 0 Å². The van der Waals surface area contributed by atoms with Gasteiger partial charge in [0.2, 0.25) is 0 Å². The fraction of sp³-hybridized carbons (Fsp3) is 0.632. The molecule has 24 heavy (non-hydrogen) atoms. The molecule has 5 nitrogen and oxygen atoms in total. The first-order chi connectivity index (χ1) is 11.4. The van der Waals surface area contributed by atoms with E-state index in [0.29, 0.717) is 12.5 Å². The van der Waals surface area contributed by atoms with Crippen molar-refractivity contribution in [3.05, 3.63) is 30.3 Å². The van der Waals surface area contributed by atoms with Gasteiger partial charge in [0.1, 0.15) is 0 Å². The molecule has 3 unspecified atom stereocenters. The number of hydrogen-bond donors (Lipinski definition) is 3. The van der Waals surface area contributed by atoms with Crippen LogP contribution in [0.25, 0.3) is 0 Å². The molecule has 1 aliphatic heterocycles. The molecule has 0 aromatic heterocycles. The second-order valence-electron chi connectivity index (χ2n) is 7.17. The van der Waals surface area contributed by atoms with E-state index >= 15 is 0 Å². The fourth-order valence-electron chi connectivity index (χ4n) is 3.05. The molecule has 1 saturated heterocycles. The van der Waals surface area contributed by atoms with E-state index in [1.807, 2.05) is 19.9 Å². The van der Waals surface area contributed by atoms with Crippen molar-refractivity contribution in [2.75, 3.05) is 31.1 Å².